The Morgan fingerprint density at radius 2 is 2.11 bits per heavy atom. The number of aryl methyl sites for hydroxylation is 1. The summed E-state index contributed by atoms with van der Waals surface area (Å²) in [5, 5.41) is 0. The maximum absolute atomic E-state index is 10.8. The van der Waals surface area contributed by atoms with Crippen LogP contribution in [0.4, 0.5) is 0 Å². The summed E-state index contributed by atoms with van der Waals surface area (Å²) in [5.41, 5.74) is 3.27. The molecular formula is C14H11N3O. The van der Waals surface area contributed by atoms with Gasteiger partial charge in [0.1, 0.15) is 12.0 Å². The Labute approximate surface area is 104 Å². The van der Waals surface area contributed by atoms with E-state index in [4.69, 9.17) is 0 Å². The van der Waals surface area contributed by atoms with E-state index in [-0.39, 0.29) is 0 Å². The van der Waals surface area contributed by atoms with Gasteiger partial charge in [0.25, 0.3) is 0 Å². The van der Waals surface area contributed by atoms with Crippen molar-refractivity contribution in [1.82, 2.24) is 14.5 Å². The Morgan fingerprint density at radius 3 is 2.83 bits per heavy atom. The van der Waals surface area contributed by atoms with Crippen LogP contribution in [0, 0.1) is 0 Å². The smallest absolute Gasteiger partial charge is 0.159 e. The Hall–Kier alpha value is -2.49. The van der Waals surface area contributed by atoms with Crippen LogP contribution in [0.25, 0.3) is 22.6 Å². The largest absolute Gasteiger partial charge is 0.326 e. The lowest BCUT2D eigenvalue weighted by molar-refractivity contribution is 0.112. The number of fused-ring (bicyclic) bond motifs is 1. The van der Waals surface area contributed by atoms with Crippen molar-refractivity contribution in [2.45, 2.75) is 0 Å². The number of aldehydes is 1. The average Bonchev–Trinajstić information content (AvgIpc) is 2.77. The summed E-state index contributed by atoms with van der Waals surface area (Å²) >= 11 is 0. The zero-order valence-corrected chi connectivity index (χ0v) is 9.87. The number of imidazole rings is 1. The van der Waals surface area contributed by atoms with E-state index in [1.54, 1.807) is 12.3 Å². The molecule has 1 aromatic carbocycles. The molecule has 0 atom stereocenters. The molecule has 0 aliphatic carbocycles. The second-order valence-corrected chi connectivity index (χ2v) is 4.08. The minimum Gasteiger partial charge on any atom is -0.326 e. The molecule has 88 valence electrons. The summed E-state index contributed by atoms with van der Waals surface area (Å²) in [4.78, 5) is 19.6. The molecule has 4 nitrogen and oxygen atoms in total. The van der Waals surface area contributed by atoms with E-state index in [9.17, 15) is 4.79 Å². The van der Waals surface area contributed by atoms with Crippen LogP contribution in [0.2, 0.25) is 0 Å². The first-order valence-electron chi connectivity index (χ1n) is 5.62. The molecule has 18 heavy (non-hydrogen) atoms. The second-order valence-electron chi connectivity index (χ2n) is 4.08. The minimum atomic E-state index is 0.651. The van der Waals surface area contributed by atoms with Crippen molar-refractivity contribution in [2.24, 2.45) is 7.05 Å². The van der Waals surface area contributed by atoms with Crippen molar-refractivity contribution < 1.29 is 4.79 Å². The first-order chi connectivity index (χ1) is 8.79. The highest BCUT2D eigenvalue weighted by atomic mass is 16.1. The summed E-state index contributed by atoms with van der Waals surface area (Å²) < 4.78 is 1.95. The molecule has 0 bridgehead atoms. The number of benzene rings is 1. The number of hydrogen-bond donors (Lipinski definition) is 0. The zero-order chi connectivity index (χ0) is 12.5. The molecule has 2 heterocycles. The van der Waals surface area contributed by atoms with Crippen molar-refractivity contribution in [2.75, 3.05) is 0 Å². The fourth-order valence-corrected chi connectivity index (χ4v) is 2.00. The molecule has 3 aromatic rings. The second kappa shape index (κ2) is 4.07. The monoisotopic (exact) mass is 237 g/mol. The summed E-state index contributed by atoms with van der Waals surface area (Å²) in [6.07, 6.45) is 2.58. The van der Waals surface area contributed by atoms with Gasteiger partial charge in [-0.2, -0.15) is 0 Å². The van der Waals surface area contributed by atoms with E-state index in [0.717, 1.165) is 28.8 Å². The molecule has 0 saturated heterocycles. The van der Waals surface area contributed by atoms with Gasteiger partial charge in [-0.3, -0.25) is 9.78 Å². The van der Waals surface area contributed by atoms with Crippen LogP contribution in [0.15, 0.2) is 42.6 Å². The van der Waals surface area contributed by atoms with Gasteiger partial charge in [0, 0.05) is 18.8 Å². The molecule has 0 amide bonds. The molecule has 0 N–H and O–H groups in total. The molecule has 4 heteroatoms. The molecule has 0 saturated carbocycles. The maximum atomic E-state index is 10.8. The lowest BCUT2D eigenvalue weighted by atomic mass is 10.2. The van der Waals surface area contributed by atoms with Gasteiger partial charge in [-0.1, -0.05) is 6.07 Å². The van der Waals surface area contributed by atoms with Gasteiger partial charge in [0.05, 0.1) is 11.0 Å². The fraction of sp³-hybridized carbons (Fsp3) is 0.0714. The predicted molar refractivity (Wildman–Crippen MR) is 69.3 cm³/mol. The number of aromatic nitrogens is 3. The van der Waals surface area contributed by atoms with Crippen molar-refractivity contribution in [3.8, 4) is 11.5 Å². The van der Waals surface area contributed by atoms with Crippen LogP contribution in [0.3, 0.4) is 0 Å². The molecular weight excluding hydrogens is 226 g/mol. The summed E-state index contributed by atoms with van der Waals surface area (Å²) in [5.74, 6) is 0.800. The van der Waals surface area contributed by atoms with Gasteiger partial charge in [0.2, 0.25) is 0 Å². The fourth-order valence-electron chi connectivity index (χ4n) is 2.00. The number of nitrogens with zero attached hydrogens (tertiary/aromatic N) is 3. The highest BCUT2D eigenvalue weighted by Gasteiger charge is 2.10. The van der Waals surface area contributed by atoms with E-state index >= 15 is 0 Å². The highest BCUT2D eigenvalue weighted by Crippen LogP contribution is 2.22. The summed E-state index contributed by atoms with van der Waals surface area (Å²) in [6, 6.07) is 11.2. The normalized spacial score (nSPS) is 10.7. The van der Waals surface area contributed by atoms with Crippen molar-refractivity contribution in [3.05, 3.63) is 48.2 Å². The number of carbonyl (C=O) groups is 1. The van der Waals surface area contributed by atoms with E-state index in [0.29, 0.717) is 5.56 Å². The third-order valence-electron chi connectivity index (χ3n) is 2.93. The zero-order valence-electron chi connectivity index (χ0n) is 9.87. The van der Waals surface area contributed by atoms with Crippen molar-refractivity contribution >= 4 is 17.3 Å². The quantitative estimate of drug-likeness (QED) is 0.643. The topological polar surface area (TPSA) is 47.8 Å². The van der Waals surface area contributed by atoms with Gasteiger partial charge in [0.15, 0.2) is 5.82 Å². The molecule has 0 unspecified atom stereocenters. The van der Waals surface area contributed by atoms with Gasteiger partial charge >= 0.3 is 0 Å². The third-order valence-corrected chi connectivity index (χ3v) is 2.93. The lowest BCUT2D eigenvalue weighted by Gasteiger charge is -2.00. The van der Waals surface area contributed by atoms with Crippen LogP contribution < -0.4 is 0 Å². The van der Waals surface area contributed by atoms with Gasteiger partial charge in [-0.05, 0) is 30.3 Å². The van der Waals surface area contributed by atoms with Crippen molar-refractivity contribution in [3.63, 3.8) is 0 Å². The van der Waals surface area contributed by atoms with E-state index in [1.807, 2.05) is 41.9 Å². The lowest BCUT2D eigenvalue weighted by Crippen LogP contribution is -1.94. The molecule has 0 radical (unpaired) electrons. The van der Waals surface area contributed by atoms with Gasteiger partial charge in [-0.15, -0.1) is 0 Å². The van der Waals surface area contributed by atoms with E-state index < -0.39 is 0 Å². The first kappa shape index (κ1) is 10.7. The Morgan fingerprint density at radius 1 is 1.22 bits per heavy atom. The molecule has 0 aliphatic heterocycles. The Bertz CT molecular complexity index is 716. The van der Waals surface area contributed by atoms with Gasteiger partial charge in [-0.25, -0.2) is 4.98 Å². The first-order valence-corrected chi connectivity index (χ1v) is 5.62. The summed E-state index contributed by atoms with van der Waals surface area (Å²) in [6.45, 7) is 0. The maximum Gasteiger partial charge on any atom is 0.159 e. The van der Waals surface area contributed by atoms with E-state index in [2.05, 4.69) is 9.97 Å². The number of carbonyl (C=O) groups excluding carboxylic acids is 1. The Kier molecular flexibility index (Phi) is 2.41. The predicted octanol–water partition coefficient (Wildman–Crippen LogP) is 2.45. The highest BCUT2D eigenvalue weighted by molar-refractivity contribution is 5.87. The van der Waals surface area contributed by atoms with Crippen LogP contribution in [0.5, 0.6) is 0 Å². The van der Waals surface area contributed by atoms with Crippen LogP contribution >= 0.6 is 0 Å². The average molecular weight is 237 g/mol. The van der Waals surface area contributed by atoms with Crippen LogP contribution in [0.1, 0.15) is 10.4 Å². The number of rotatable bonds is 2. The van der Waals surface area contributed by atoms with Gasteiger partial charge < -0.3 is 4.57 Å². The van der Waals surface area contributed by atoms with Crippen molar-refractivity contribution in [1.29, 1.82) is 0 Å². The molecule has 0 fully saturated rings. The van der Waals surface area contributed by atoms with Crippen LogP contribution in [-0.2, 0) is 7.05 Å². The number of hydrogen-bond acceptors (Lipinski definition) is 3. The van der Waals surface area contributed by atoms with E-state index in [1.165, 1.54) is 0 Å². The standard InChI is InChI=1S/C14H11N3O/c1-17-13-8-10(9-18)5-6-11(13)16-14(17)12-4-2-3-7-15-12/h2-9H,1H3. The van der Waals surface area contributed by atoms with Crippen LogP contribution in [-0.4, -0.2) is 20.8 Å². The SMILES string of the molecule is Cn1c(-c2ccccn2)nc2ccc(C=O)cc21. The summed E-state index contributed by atoms with van der Waals surface area (Å²) in [7, 11) is 1.92. The molecule has 2 aromatic heterocycles. The minimum absolute atomic E-state index is 0.651. The third kappa shape index (κ3) is 1.59. The molecule has 3 rings (SSSR count). The molecule has 0 spiro atoms. The number of pyridine rings is 1. The Balaban J connectivity index is 2.26. The molecule has 0 aliphatic rings.